The average Bonchev–Trinajstić information content (AvgIpc) is 3.14. The second-order valence-electron chi connectivity index (χ2n) is 8.22. The van der Waals surface area contributed by atoms with Gasteiger partial charge in [-0.25, -0.2) is 9.07 Å². The van der Waals surface area contributed by atoms with E-state index < -0.39 is 0 Å². The number of fused-ring (bicyclic) bond motifs is 3. The van der Waals surface area contributed by atoms with Gasteiger partial charge < -0.3 is 5.32 Å². The highest BCUT2D eigenvalue weighted by molar-refractivity contribution is 6.10. The highest BCUT2D eigenvalue weighted by Gasteiger charge is 2.15. The summed E-state index contributed by atoms with van der Waals surface area (Å²) in [7, 11) is 0. The largest absolute Gasteiger partial charge is 0.322 e. The van der Waals surface area contributed by atoms with Crippen LogP contribution < -0.4 is 10.9 Å². The maximum absolute atomic E-state index is 13.5. The molecule has 7 heteroatoms. The number of H-pyrrole nitrogens is 1. The lowest BCUT2D eigenvalue weighted by Crippen LogP contribution is -2.14. The third-order valence-electron chi connectivity index (χ3n) is 5.95. The molecule has 0 saturated heterocycles. The Morgan fingerprint density at radius 2 is 1.76 bits per heavy atom. The zero-order valence-electron chi connectivity index (χ0n) is 18.4. The number of aromatic amines is 1. The number of aryl methyl sites for hydroxylation is 3. The van der Waals surface area contributed by atoms with Crippen molar-refractivity contribution in [3.05, 3.63) is 99.2 Å². The number of halogens is 1. The van der Waals surface area contributed by atoms with E-state index in [9.17, 15) is 14.0 Å². The summed E-state index contributed by atoms with van der Waals surface area (Å²) in [4.78, 5) is 30.3. The van der Waals surface area contributed by atoms with Gasteiger partial charge in [-0.05, 0) is 86.0 Å². The first kappa shape index (κ1) is 20.6. The van der Waals surface area contributed by atoms with E-state index in [1.54, 1.807) is 37.4 Å². The van der Waals surface area contributed by atoms with Crippen molar-refractivity contribution in [3.63, 3.8) is 0 Å². The van der Waals surface area contributed by atoms with Crippen molar-refractivity contribution in [2.45, 2.75) is 20.8 Å². The summed E-state index contributed by atoms with van der Waals surface area (Å²) in [6.45, 7) is 5.65. The first-order valence-electron chi connectivity index (χ1n) is 10.5. The molecule has 0 saturated carbocycles. The van der Waals surface area contributed by atoms with E-state index in [0.29, 0.717) is 38.6 Å². The number of aromatic nitrogens is 3. The summed E-state index contributed by atoms with van der Waals surface area (Å²) < 4.78 is 15.0. The zero-order valence-corrected chi connectivity index (χ0v) is 18.4. The number of benzene rings is 3. The van der Waals surface area contributed by atoms with Crippen LogP contribution >= 0.6 is 0 Å². The fourth-order valence-corrected chi connectivity index (χ4v) is 3.87. The smallest absolute Gasteiger partial charge is 0.280 e. The predicted octanol–water partition coefficient (Wildman–Crippen LogP) is 5.18. The molecule has 2 aromatic heterocycles. The van der Waals surface area contributed by atoms with Crippen LogP contribution in [0.4, 0.5) is 10.1 Å². The molecule has 0 atom stereocenters. The Morgan fingerprint density at radius 3 is 2.52 bits per heavy atom. The fourth-order valence-electron chi connectivity index (χ4n) is 3.87. The average molecular weight is 440 g/mol. The summed E-state index contributed by atoms with van der Waals surface area (Å²) in [5, 5.41) is 7.08. The van der Waals surface area contributed by atoms with Crippen LogP contribution in [0.1, 0.15) is 27.0 Å². The van der Waals surface area contributed by atoms with Crippen LogP contribution in [0.5, 0.6) is 0 Å². The van der Waals surface area contributed by atoms with E-state index in [-0.39, 0.29) is 17.3 Å². The van der Waals surface area contributed by atoms with Gasteiger partial charge in [-0.2, -0.15) is 0 Å². The maximum atomic E-state index is 13.5. The van der Waals surface area contributed by atoms with E-state index in [0.717, 1.165) is 16.8 Å². The van der Waals surface area contributed by atoms with Gasteiger partial charge in [0.05, 0.1) is 22.1 Å². The lowest BCUT2D eigenvalue weighted by molar-refractivity contribution is 0.102. The number of nitrogens with zero attached hydrogens (tertiary/aromatic N) is 2. The Hall–Kier alpha value is -4.26. The predicted molar refractivity (Wildman–Crippen MR) is 128 cm³/mol. The summed E-state index contributed by atoms with van der Waals surface area (Å²) in [6.07, 6.45) is 1.55. The Labute approximate surface area is 188 Å². The number of amides is 1. The summed E-state index contributed by atoms with van der Waals surface area (Å²) in [6, 6.07) is 15.3. The van der Waals surface area contributed by atoms with Gasteiger partial charge in [-0.3, -0.25) is 19.7 Å². The standard InChI is InChI=1S/C26H21FN4O2/c1-14-4-7-19(11-15(14)2)31-26(33)21-13-28-23-9-5-17(12-20(23)24(21)30-31)25(32)29-18-6-8-22(27)16(3)10-18/h4-13,30H,1-3H3,(H,29,32). The van der Waals surface area contributed by atoms with Crippen LogP contribution in [-0.4, -0.2) is 20.7 Å². The Bertz CT molecular complexity index is 1630. The molecular weight excluding hydrogens is 419 g/mol. The van der Waals surface area contributed by atoms with Crippen molar-refractivity contribution in [2.75, 3.05) is 5.32 Å². The first-order chi connectivity index (χ1) is 15.8. The second kappa shape index (κ2) is 7.70. The summed E-state index contributed by atoms with van der Waals surface area (Å²) in [5.74, 6) is -0.666. The van der Waals surface area contributed by atoms with Crippen LogP contribution in [0.25, 0.3) is 27.5 Å². The molecule has 2 N–H and O–H groups in total. The van der Waals surface area contributed by atoms with Crippen LogP contribution in [0.2, 0.25) is 0 Å². The van der Waals surface area contributed by atoms with E-state index in [1.807, 2.05) is 32.0 Å². The minimum Gasteiger partial charge on any atom is -0.322 e. The van der Waals surface area contributed by atoms with Gasteiger partial charge in [0.25, 0.3) is 11.5 Å². The summed E-state index contributed by atoms with van der Waals surface area (Å²) in [5.41, 5.74) is 5.36. The van der Waals surface area contributed by atoms with Crippen LogP contribution in [0.15, 0.2) is 65.6 Å². The van der Waals surface area contributed by atoms with Crippen molar-refractivity contribution >= 4 is 33.4 Å². The van der Waals surface area contributed by atoms with Gasteiger partial charge in [0.15, 0.2) is 0 Å². The summed E-state index contributed by atoms with van der Waals surface area (Å²) >= 11 is 0. The molecular formula is C26H21FN4O2. The SMILES string of the molecule is Cc1ccc(-n2[nH]c3c(cnc4ccc(C(=O)Nc5ccc(F)c(C)c5)cc43)c2=O)cc1C. The van der Waals surface area contributed by atoms with Crippen molar-refractivity contribution < 1.29 is 9.18 Å². The molecule has 1 amide bonds. The number of hydrogen-bond acceptors (Lipinski definition) is 3. The number of carbonyl (C=O) groups excluding carboxylic acids is 1. The van der Waals surface area contributed by atoms with E-state index in [4.69, 9.17) is 0 Å². The minimum atomic E-state index is -0.337. The molecule has 0 fully saturated rings. The second-order valence-corrected chi connectivity index (χ2v) is 8.22. The lowest BCUT2D eigenvalue weighted by atomic mass is 10.1. The molecule has 3 aromatic carbocycles. The van der Waals surface area contributed by atoms with Crippen LogP contribution in [0.3, 0.4) is 0 Å². The third-order valence-corrected chi connectivity index (χ3v) is 5.95. The molecule has 2 heterocycles. The molecule has 0 spiro atoms. The van der Waals surface area contributed by atoms with Gasteiger partial charge in [0.2, 0.25) is 0 Å². The lowest BCUT2D eigenvalue weighted by Gasteiger charge is -2.08. The number of nitrogens with one attached hydrogen (secondary N) is 2. The van der Waals surface area contributed by atoms with Crippen molar-refractivity contribution in [3.8, 4) is 5.69 Å². The van der Waals surface area contributed by atoms with Gasteiger partial charge >= 0.3 is 0 Å². The van der Waals surface area contributed by atoms with Gasteiger partial charge in [0.1, 0.15) is 5.82 Å². The maximum Gasteiger partial charge on any atom is 0.280 e. The molecule has 0 aliphatic heterocycles. The Balaban J connectivity index is 1.59. The van der Waals surface area contributed by atoms with Gasteiger partial charge in [0, 0.05) is 22.8 Å². The molecule has 0 aliphatic carbocycles. The molecule has 33 heavy (non-hydrogen) atoms. The van der Waals surface area contributed by atoms with Gasteiger partial charge in [-0.1, -0.05) is 6.07 Å². The number of carbonyl (C=O) groups is 1. The third kappa shape index (κ3) is 3.57. The number of anilines is 1. The van der Waals surface area contributed by atoms with E-state index in [1.165, 1.54) is 16.8 Å². The molecule has 164 valence electrons. The molecule has 5 rings (SSSR count). The highest BCUT2D eigenvalue weighted by atomic mass is 19.1. The molecule has 0 aliphatic rings. The van der Waals surface area contributed by atoms with Crippen molar-refractivity contribution in [1.29, 1.82) is 0 Å². The molecule has 0 bridgehead atoms. The number of rotatable bonds is 3. The minimum absolute atomic E-state index is 0.209. The molecule has 0 unspecified atom stereocenters. The number of pyridine rings is 1. The molecule has 6 nitrogen and oxygen atoms in total. The topological polar surface area (TPSA) is 79.8 Å². The fraction of sp³-hybridized carbons (Fsp3) is 0.115. The van der Waals surface area contributed by atoms with E-state index in [2.05, 4.69) is 15.4 Å². The Morgan fingerprint density at radius 1 is 0.939 bits per heavy atom. The van der Waals surface area contributed by atoms with E-state index >= 15 is 0 Å². The normalized spacial score (nSPS) is 11.3. The van der Waals surface area contributed by atoms with Crippen molar-refractivity contribution in [1.82, 2.24) is 14.8 Å². The van der Waals surface area contributed by atoms with Crippen LogP contribution in [0, 0.1) is 26.6 Å². The molecule has 5 aromatic rings. The Kier molecular flexibility index (Phi) is 4.82. The zero-order chi connectivity index (χ0) is 23.3. The highest BCUT2D eigenvalue weighted by Crippen LogP contribution is 2.24. The quantitative estimate of drug-likeness (QED) is 0.406. The van der Waals surface area contributed by atoms with Crippen molar-refractivity contribution in [2.24, 2.45) is 0 Å². The van der Waals surface area contributed by atoms with Crippen LogP contribution in [-0.2, 0) is 0 Å². The first-order valence-corrected chi connectivity index (χ1v) is 10.5. The van der Waals surface area contributed by atoms with Gasteiger partial charge in [-0.15, -0.1) is 0 Å². The monoisotopic (exact) mass is 440 g/mol. The number of hydrogen-bond donors (Lipinski definition) is 2. The molecule has 0 radical (unpaired) electrons.